The molecule has 1 aromatic heterocycles. The minimum atomic E-state index is -0.180. The summed E-state index contributed by atoms with van der Waals surface area (Å²) in [6.45, 7) is 2.77. The number of para-hydroxylation sites is 1. The predicted molar refractivity (Wildman–Crippen MR) is 91.9 cm³/mol. The topological polar surface area (TPSA) is 76.0 Å². The molecule has 1 amide bonds. The second-order valence-electron chi connectivity index (χ2n) is 5.69. The number of rotatable bonds is 5. The Bertz CT molecular complexity index is 725. The fourth-order valence-corrected chi connectivity index (χ4v) is 2.81. The molecule has 1 unspecified atom stereocenters. The molecule has 0 aliphatic carbocycles. The Morgan fingerprint density at radius 3 is 3.00 bits per heavy atom. The lowest BCUT2D eigenvalue weighted by Gasteiger charge is -2.10. The lowest BCUT2D eigenvalue weighted by atomic mass is 10.1. The quantitative estimate of drug-likeness (QED) is 0.852. The van der Waals surface area contributed by atoms with E-state index in [4.69, 9.17) is 0 Å². The van der Waals surface area contributed by atoms with Crippen molar-refractivity contribution >= 4 is 29.2 Å². The monoisotopic (exact) mass is 336 g/mol. The molecular weight excluding hydrogens is 316 g/mol. The van der Waals surface area contributed by atoms with Crippen LogP contribution in [0.4, 0.5) is 0 Å². The minimum absolute atomic E-state index is 0. The average Bonchev–Trinajstić information content (AvgIpc) is 3.04. The van der Waals surface area contributed by atoms with E-state index in [1.807, 2.05) is 6.07 Å². The predicted octanol–water partition coefficient (Wildman–Crippen LogP) is 0.934. The summed E-state index contributed by atoms with van der Waals surface area (Å²) < 4.78 is 1.36. The van der Waals surface area contributed by atoms with Gasteiger partial charge in [0, 0.05) is 6.54 Å². The van der Waals surface area contributed by atoms with Gasteiger partial charge in [-0.1, -0.05) is 12.1 Å². The van der Waals surface area contributed by atoms with Gasteiger partial charge in [-0.15, -0.1) is 12.4 Å². The third kappa shape index (κ3) is 4.30. The van der Waals surface area contributed by atoms with Gasteiger partial charge >= 0.3 is 0 Å². The Kier molecular flexibility index (Phi) is 6.12. The molecule has 1 aromatic carbocycles. The van der Waals surface area contributed by atoms with Crippen LogP contribution in [0.3, 0.4) is 0 Å². The summed E-state index contributed by atoms with van der Waals surface area (Å²) >= 11 is 0. The van der Waals surface area contributed by atoms with Crippen LogP contribution < -0.4 is 16.2 Å². The SMILES string of the molecule is Cl.O=C(Cn1cnc2ccccc2c1=O)NCCC1CCNC1. The standard InChI is InChI=1S/C16H20N4O2.ClH/c21-15(18-8-6-12-5-7-17-9-12)10-20-11-19-14-4-2-1-3-13(14)16(20)22;/h1-4,11-12,17H,5-10H2,(H,18,21);1H. The molecule has 1 saturated heterocycles. The fourth-order valence-electron chi connectivity index (χ4n) is 2.81. The Balaban J connectivity index is 0.00000192. The zero-order valence-electron chi connectivity index (χ0n) is 12.8. The van der Waals surface area contributed by atoms with Crippen LogP contribution in [0.2, 0.25) is 0 Å². The van der Waals surface area contributed by atoms with Gasteiger partial charge in [0.2, 0.25) is 5.91 Å². The third-order valence-electron chi connectivity index (χ3n) is 4.08. The lowest BCUT2D eigenvalue weighted by molar-refractivity contribution is -0.121. The van der Waals surface area contributed by atoms with E-state index in [9.17, 15) is 9.59 Å². The molecule has 2 aromatic rings. The van der Waals surface area contributed by atoms with Crippen molar-refractivity contribution < 1.29 is 4.79 Å². The fraction of sp³-hybridized carbons (Fsp3) is 0.438. The second kappa shape index (κ2) is 8.08. The molecule has 0 spiro atoms. The Morgan fingerprint density at radius 2 is 2.22 bits per heavy atom. The number of carbonyl (C=O) groups is 1. The van der Waals surface area contributed by atoms with E-state index in [2.05, 4.69) is 15.6 Å². The molecule has 0 saturated carbocycles. The number of carbonyl (C=O) groups excluding carboxylic acids is 1. The van der Waals surface area contributed by atoms with Crippen LogP contribution in [-0.2, 0) is 11.3 Å². The summed E-state index contributed by atoms with van der Waals surface area (Å²) in [5, 5.41) is 6.72. The molecule has 0 bridgehead atoms. The van der Waals surface area contributed by atoms with E-state index < -0.39 is 0 Å². The van der Waals surface area contributed by atoms with Crippen molar-refractivity contribution in [3.63, 3.8) is 0 Å². The highest BCUT2D eigenvalue weighted by Crippen LogP contribution is 2.10. The summed E-state index contributed by atoms with van der Waals surface area (Å²) in [7, 11) is 0. The highest BCUT2D eigenvalue weighted by atomic mass is 35.5. The number of amides is 1. The van der Waals surface area contributed by atoms with E-state index in [1.165, 1.54) is 17.3 Å². The molecule has 23 heavy (non-hydrogen) atoms. The molecule has 1 aliphatic heterocycles. The second-order valence-corrected chi connectivity index (χ2v) is 5.69. The Labute approximate surface area is 140 Å². The zero-order valence-corrected chi connectivity index (χ0v) is 13.6. The summed E-state index contributed by atoms with van der Waals surface area (Å²) in [4.78, 5) is 28.5. The van der Waals surface area contributed by atoms with Gasteiger partial charge in [0.1, 0.15) is 6.54 Å². The van der Waals surface area contributed by atoms with Crippen molar-refractivity contribution in [1.82, 2.24) is 20.2 Å². The van der Waals surface area contributed by atoms with Crippen molar-refractivity contribution in [3.05, 3.63) is 40.9 Å². The average molecular weight is 337 g/mol. The highest BCUT2D eigenvalue weighted by molar-refractivity contribution is 5.85. The van der Waals surface area contributed by atoms with Gasteiger partial charge in [0.05, 0.1) is 17.2 Å². The molecule has 2 heterocycles. The number of hydrogen-bond acceptors (Lipinski definition) is 4. The molecule has 7 heteroatoms. The number of fused-ring (bicyclic) bond motifs is 1. The van der Waals surface area contributed by atoms with Crippen LogP contribution in [0, 0.1) is 5.92 Å². The van der Waals surface area contributed by atoms with Gasteiger partial charge in [-0.2, -0.15) is 0 Å². The molecule has 124 valence electrons. The molecule has 6 nitrogen and oxygen atoms in total. The first-order chi connectivity index (χ1) is 10.7. The molecule has 1 aliphatic rings. The summed E-state index contributed by atoms with van der Waals surface area (Å²) in [6, 6.07) is 7.15. The van der Waals surface area contributed by atoms with E-state index in [0.717, 1.165) is 19.5 Å². The van der Waals surface area contributed by atoms with Crippen LogP contribution in [0.5, 0.6) is 0 Å². The maximum Gasteiger partial charge on any atom is 0.261 e. The van der Waals surface area contributed by atoms with Crippen molar-refractivity contribution in [2.24, 2.45) is 5.92 Å². The van der Waals surface area contributed by atoms with Crippen LogP contribution in [-0.4, -0.2) is 35.1 Å². The number of aromatic nitrogens is 2. The third-order valence-corrected chi connectivity index (χ3v) is 4.08. The maximum atomic E-state index is 12.3. The van der Waals surface area contributed by atoms with Crippen molar-refractivity contribution in [3.8, 4) is 0 Å². The van der Waals surface area contributed by atoms with E-state index in [-0.39, 0.29) is 30.4 Å². The van der Waals surface area contributed by atoms with Gasteiger partial charge in [-0.05, 0) is 44.0 Å². The van der Waals surface area contributed by atoms with Crippen LogP contribution in [0.1, 0.15) is 12.8 Å². The van der Waals surface area contributed by atoms with Gasteiger partial charge in [-0.25, -0.2) is 4.98 Å². The van der Waals surface area contributed by atoms with Gasteiger partial charge < -0.3 is 10.6 Å². The van der Waals surface area contributed by atoms with Gasteiger partial charge in [-0.3, -0.25) is 14.2 Å². The van der Waals surface area contributed by atoms with E-state index in [0.29, 0.717) is 23.4 Å². The minimum Gasteiger partial charge on any atom is -0.355 e. The lowest BCUT2D eigenvalue weighted by Crippen LogP contribution is -2.33. The van der Waals surface area contributed by atoms with Crippen LogP contribution >= 0.6 is 12.4 Å². The summed E-state index contributed by atoms with van der Waals surface area (Å²) in [6.07, 6.45) is 3.58. The number of hydrogen-bond donors (Lipinski definition) is 2. The molecule has 1 fully saturated rings. The summed E-state index contributed by atoms with van der Waals surface area (Å²) in [5.41, 5.74) is 0.471. The normalized spacial score (nSPS) is 17.0. The van der Waals surface area contributed by atoms with Crippen molar-refractivity contribution in [2.45, 2.75) is 19.4 Å². The molecule has 0 radical (unpaired) electrons. The molecule has 1 atom stereocenters. The van der Waals surface area contributed by atoms with Crippen LogP contribution in [0.15, 0.2) is 35.4 Å². The first-order valence-corrected chi connectivity index (χ1v) is 7.65. The zero-order chi connectivity index (χ0) is 15.4. The largest absolute Gasteiger partial charge is 0.355 e. The first-order valence-electron chi connectivity index (χ1n) is 7.65. The molecule has 3 rings (SSSR count). The summed E-state index contributed by atoms with van der Waals surface area (Å²) in [5.74, 6) is 0.496. The molecular formula is C16H21ClN4O2. The van der Waals surface area contributed by atoms with Gasteiger partial charge in [0.25, 0.3) is 5.56 Å². The van der Waals surface area contributed by atoms with E-state index >= 15 is 0 Å². The van der Waals surface area contributed by atoms with Crippen molar-refractivity contribution in [2.75, 3.05) is 19.6 Å². The van der Waals surface area contributed by atoms with Gasteiger partial charge in [0.15, 0.2) is 0 Å². The number of halogens is 1. The van der Waals surface area contributed by atoms with E-state index in [1.54, 1.807) is 18.2 Å². The van der Waals surface area contributed by atoms with Crippen LogP contribution in [0.25, 0.3) is 10.9 Å². The highest BCUT2D eigenvalue weighted by Gasteiger charge is 2.14. The smallest absolute Gasteiger partial charge is 0.261 e. The first kappa shape index (κ1) is 17.4. The number of benzene rings is 1. The number of nitrogens with zero attached hydrogens (tertiary/aromatic N) is 2. The maximum absolute atomic E-state index is 12.3. The number of nitrogens with one attached hydrogen (secondary N) is 2. The Morgan fingerprint density at radius 1 is 1.39 bits per heavy atom. The molecule has 2 N–H and O–H groups in total. The van der Waals surface area contributed by atoms with Crippen molar-refractivity contribution in [1.29, 1.82) is 0 Å². The Hall–Kier alpha value is -1.92.